The van der Waals surface area contributed by atoms with Gasteiger partial charge < -0.3 is 30.9 Å². The van der Waals surface area contributed by atoms with E-state index in [2.05, 4.69) is 21.3 Å². The molecule has 1 heterocycles. The lowest BCUT2D eigenvalue weighted by molar-refractivity contribution is -0.139. The summed E-state index contributed by atoms with van der Waals surface area (Å²) < 4.78 is 5.39. The van der Waals surface area contributed by atoms with Crippen LogP contribution in [0.1, 0.15) is 127 Å². The maximum Gasteiger partial charge on any atom is 0.408 e. The lowest BCUT2D eigenvalue weighted by Gasteiger charge is -2.27. The van der Waals surface area contributed by atoms with Crippen LogP contribution in [0.5, 0.6) is 0 Å². The fourth-order valence-corrected chi connectivity index (χ4v) is 6.35. The van der Waals surface area contributed by atoms with Gasteiger partial charge in [0.15, 0.2) is 11.6 Å². The van der Waals surface area contributed by atoms with Crippen LogP contribution < -0.4 is 21.3 Å². The smallest absolute Gasteiger partial charge is 0.408 e. The molecule has 3 atom stereocenters. The van der Waals surface area contributed by atoms with Crippen molar-refractivity contribution < 1.29 is 38.3 Å². The van der Waals surface area contributed by atoms with Crippen molar-refractivity contribution in [3.05, 3.63) is 34.4 Å². The zero-order valence-corrected chi connectivity index (χ0v) is 33.5. The fourth-order valence-electron chi connectivity index (χ4n) is 6.35. The highest BCUT2D eigenvalue weighted by Gasteiger charge is 2.35. The Balaban J connectivity index is 1.93. The second-order valence-electron chi connectivity index (χ2n) is 15.8. The van der Waals surface area contributed by atoms with Gasteiger partial charge in [0, 0.05) is 54.3 Å². The largest absolute Gasteiger partial charge is 0.444 e. The Morgan fingerprint density at radius 2 is 1.57 bits per heavy atom. The SMILES string of the molecule is CC1=C(C)C(=O)C(CCC(=O)NCCCC[C@H](NC(=O)[C@@H]2CCCN2C(=O)C/C=C/[C@H](CC(C)C)NC(=O)OC(C)(C)C)C(=O)NC(C)C)=C(C)C1=O. The molecule has 0 unspecified atom stereocenters. The highest BCUT2D eigenvalue weighted by atomic mass is 16.6. The summed E-state index contributed by atoms with van der Waals surface area (Å²) in [6.07, 6.45) is 6.49. The van der Waals surface area contributed by atoms with Crippen LogP contribution in [0.4, 0.5) is 4.79 Å². The van der Waals surface area contributed by atoms with E-state index in [-0.39, 0.29) is 72.5 Å². The summed E-state index contributed by atoms with van der Waals surface area (Å²) in [5.74, 6) is -1.24. The van der Waals surface area contributed by atoms with Gasteiger partial charge in [-0.05, 0) is 106 Å². The third-order valence-corrected chi connectivity index (χ3v) is 9.18. The molecule has 0 bridgehead atoms. The van der Waals surface area contributed by atoms with Crippen LogP contribution in [0.3, 0.4) is 0 Å². The number of carbonyl (C=O) groups excluding carboxylic acids is 7. The van der Waals surface area contributed by atoms with E-state index in [1.807, 2.05) is 27.7 Å². The quantitative estimate of drug-likeness (QED) is 0.0883. The average molecular weight is 742 g/mol. The number of ether oxygens (including phenoxy) is 1. The number of nitrogens with one attached hydrogen (secondary N) is 4. The molecule has 53 heavy (non-hydrogen) atoms. The number of amides is 5. The summed E-state index contributed by atoms with van der Waals surface area (Å²) in [4.78, 5) is 91.4. The molecule has 0 radical (unpaired) electrons. The Hall–Kier alpha value is -4.29. The van der Waals surface area contributed by atoms with E-state index < -0.39 is 23.8 Å². The number of hydrogen-bond acceptors (Lipinski definition) is 8. The molecule has 0 aromatic carbocycles. The topological polar surface area (TPSA) is 180 Å². The molecule has 4 N–H and O–H groups in total. The zero-order chi connectivity index (χ0) is 40.0. The van der Waals surface area contributed by atoms with E-state index in [0.717, 1.165) is 0 Å². The summed E-state index contributed by atoms with van der Waals surface area (Å²) in [6, 6.07) is -1.99. The molecule has 0 aromatic heterocycles. The van der Waals surface area contributed by atoms with Crippen LogP contribution in [-0.2, 0) is 33.5 Å². The van der Waals surface area contributed by atoms with Gasteiger partial charge in [0.2, 0.25) is 23.6 Å². The molecule has 5 amide bonds. The number of alkyl carbamates (subject to hydrolysis) is 1. The Morgan fingerprint density at radius 3 is 2.19 bits per heavy atom. The Bertz CT molecular complexity index is 1470. The number of hydrogen-bond donors (Lipinski definition) is 4. The first kappa shape index (κ1) is 44.9. The van der Waals surface area contributed by atoms with Gasteiger partial charge in [0.1, 0.15) is 17.7 Å². The molecule has 0 saturated carbocycles. The fraction of sp³-hybridized carbons (Fsp3) is 0.675. The van der Waals surface area contributed by atoms with Crippen LogP contribution >= 0.6 is 0 Å². The van der Waals surface area contributed by atoms with Gasteiger partial charge >= 0.3 is 6.09 Å². The van der Waals surface area contributed by atoms with Gasteiger partial charge in [-0.2, -0.15) is 0 Å². The summed E-state index contributed by atoms with van der Waals surface area (Å²) in [7, 11) is 0. The number of allylic oxidation sites excluding steroid dienone is 4. The predicted octanol–water partition coefficient (Wildman–Crippen LogP) is 4.74. The first-order chi connectivity index (χ1) is 24.7. The molecule has 1 saturated heterocycles. The number of nitrogens with zero attached hydrogens (tertiary/aromatic N) is 1. The van der Waals surface area contributed by atoms with Gasteiger partial charge in [-0.3, -0.25) is 28.8 Å². The Labute approximate surface area is 315 Å². The highest BCUT2D eigenvalue weighted by molar-refractivity contribution is 6.24. The maximum absolute atomic E-state index is 13.5. The highest BCUT2D eigenvalue weighted by Crippen LogP contribution is 2.27. The van der Waals surface area contributed by atoms with Crippen LogP contribution in [0.25, 0.3) is 0 Å². The molecule has 2 rings (SSSR count). The van der Waals surface area contributed by atoms with Crippen molar-refractivity contribution in [1.29, 1.82) is 0 Å². The van der Waals surface area contributed by atoms with Crippen molar-refractivity contribution in [3.8, 4) is 0 Å². The summed E-state index contributed by atoms with van der Waals surface area (Å²) in [6.45, 7) is 18.8. The average Bonchev–Trinajstić information content (AvgIpc) is 3.54. The molecule has 13 heteroatoms. The Kier molecular flexibility index (Phi) is 17.6. The van der Waals surface area contributed by atoms with E-state index in [4.69, 9.17) is 4.74 Å². The van der Waals surface area contributed by atoms with Crippen molar-refractivity contribution in [2.45, 2.75) is 157 Å². The van der Waals surface area contributed by atoms with E-state index in [9.17, 15) is 33.6 Å². The minimum atomic E-state index is -0.821. The van der Waals surface area contributed by atoms with Gasteiger partial charge in [0.25, 0.3) is 0 Å². The second-order valence-corrected chi connectivity index (χ2v) is 15.8. The minimum absolute atomic E-state index is 0.0549. The molecule has 0 aromatic rings. The third kappa shape index (κ3) is 14.9. The lowest BCUT2D eigenvalue weighted by Crippen LogP contribution is -2.53. The first-order valence-corrected chi connectivity index (χ1v) is 19.0. The number of carbonyl (C=O) groups is 7. The molecule has 296 valence electrons. The van der Waals surface area contributed by atoms with Crippen LogP contribution in [0, 0.1) is 5.92 Å². The van der Waals surface area contributed by atoms with E-state index >= 15 is 0 Å². The standard InChI is InChI=1S/C40H63N5O8/c1-24(2)23-29(43-39(52)53-40(8,9)10)15-13-18-34(47)45-22-14-17-32(45)38(51)44-31(37(50)42-25(3)4)16-11-12-21-41-33(46)20-19-30-28(7)35(48)26(5)27(6)36(30)49/h13,15,24-25,29,31-32H,11-12,14,16-23H2,1-10H3,(H,41,46)(H,42,50)(H,43,52)(H,44,51)/b15-13+/t29-,31+,32+/m1/s1. The van der Waals surface area contributed by atoms with E-state index in [1.54, 1.807) is 58.6 Å². The predicted molar refractivity (Wildman–Crippen MR) is 203 cm³/mol. The minimum Gasteiger partial charge on any atom is -0.444 e. The monoisotopic (exact) mass is 741 g/mol. The summed E-state index contributed by atoms with van der Waals surface area (Å²) in [5, 5.41) is 11.4. The molecular weight excluding hydrogens is 678 g/mol. The number of Topliss-reactive ketones (excluding diaryl/α,β-unsaturated/α-hetero) is 2. The number of likely N-dealkylation sites (tertiary alicyclic amines) is 1. The van der Waals surface area contributed by atoms with Crippen molar-refractivity contribution >= 4 is 41.3 Å². The molecular formula is C40H63N5O8. The molecule has 1 fully saturated rings. The number of ketones is 2. The van der Waals surface area contributed by atoms with Gasteiger partial charge in [-0.25, -0.2) is 4.79 Å². The van der Waals surface area contributed by atoms with E-state index in [1.165, 1.54) is 0 Å². The van der Waals surface area contributed by atoms with Gasteiger partial charge in [0.05, 0.1) is 6.04 Å². The third-order valence-electron chi connectivity index (χ3n) is 9.18. The molecule has 1 aliphatic heterocycles. The van der Waals surface area contributed by atoms with E-state index in [0.29, 0.717) is 73.9 Å². The van der Waals surface area contributed by atoms with Crippen LogP contribution in [0.2, 0.25) is 0 Å². The molecule has 1 aliphatic carbocycles. The van der Waals surface area contributed by atoms with Crippen LogP contribution in [-0.4, -0.2) is 89.0 Å². The zero-order valence-electron chi connectivity index (χ0n) is 33.5. The second kappa shape index (κ2) is 20.8. The maximum atomic E-state index is 13.5. The van der Waals surface area contributed by atoms with Crippen LogP contribution in [0.15, 0.2) is 34.4 Å². The van der Waals surface area contributed by atoms with Crippen molar-refractivity contribution in [3.63, 3.8) is 0 Å². The number of unbranched alkanes of at least 4 members (excludes halogenated alkanes) is 1. The Morgan fingerprint density at radius 1 is 0.906 bits per heavy atom. The van der Waals surface area contributed by atoms with Gasteiger partial charge in [-0.15, -0.1) is 0 Å². The van der Waals surface area contributed by atoms with Crippen molar-refractivity contribution in [2.24, 2.45) is 5.92 Å². The van der Waals surface area contributed by atoms with Crippen molar-refractivity contribution in [2.75, 3.05) is 13.1 Å². The first-order valence-electron chi connectivity index (χ1n) is 19.0. The van der Waals surface area contributed by atoms with Gasteiger partial charge in [-0.1, -0.05) is 26.0 Å². The molecule has 13 nitrogen and oxygen atoms in total. The normalized spacial score (nSPS) is 17.8. The molecule has 0 spiro atoms. The molecule has 2 aliphatic rings. The van der Waals surface area contributed by atoms with Crippen molar-refractivity contribution in [1.82, 2.24) is 26.2 Å². The summed E-state index contributed by atoms with van der Waals surface area (Å²) in [5.41, 5.74) is 0.991. The number of rotatable bonds is 18. The lowest BCUT2D eigenvalue weighted by atomic mass is 9.84. The summed E-state index contributed by atoms with van der Waals surface area (Å²) >= 11 is 0.